The first-order valence-corrected chi connectivity index (χ1v) is 19.8. The summed E-state index contributed by atoms with van der Waals surface area (Å²) >= 11 is 3.45. The average molecular weight is 719 g/mol. The lowest BCUT2D eigenvalue weighted by molar-refractivity contribution is -0.690. The molecule has 0 atom stereocenters. The Bertz CT molecular complexity index is 1690. The van der Waals surface area contributed by atoms with Crippen LogP contribution in [0.4, 0.5) is 0 Å². The van der Waals surface area contributed by atoms with E-state index in [1.807, 2.05) is 0 Å². The van der Waals surface area contributed by atoms with E-state index < -0.39 is 0 Å². The summed E-state index contributed by atoms with van der Waals surface area (Å²) in [7, 11) is 0. The number of esters is 2. The van der Waals surface area contributed by atoms with Crippen LogP contribution in [0.3, 0.4) is 0 Å². The first-order valence-electron chi connectivity index (χ1n) is 18.0. The molecule has 0 saturated carbocycles. The van der Waals surface area contributed by atoms with E-state index in [0.717, 1.165) is 13.1 Å². The minimum atomic E-state index is -0.208. The molecule has 0 amide bonds. The summed E-state index contributed by atoms with van der Waals surface area (Å²) in [5.41, 5.74) is 23.4. The van der Waals surface area contributed by atoms with E-state index in [-0.39, 0.29) is 11.9 Å². The van der Waals surface area contributed by atoms with Crippen LogP contribution in [0.1, 0.15) is 114 Å². The quantitative estimate of drug-likeness (QED) is 0.0702. The van der Waals surface area contributed by atoms with Crippen molar-refractivity contribution < 1.29 is 28.2 Å². The third-order valence-corrected chi connectivity index (χ3v) is 13.8. The fraction of sp³-hybridized carbons (Fsp3) is 0.524. The zero-order valence-electron chi connectivity index (χ0n) is 32.6. The number of benzene rings is 2. The number of carbonyl (C=O) groups is 2. The molecule has 0 bridgehead atoms. The predicted molar refractivity (Wildman–Crippen MR) is 205 cm³/mol. The second-order valence-electron chi connectivity index (χ2n) is 14.1. The van der Waals surface area contributed by atoms with Gasteiger partial charge in [0.15, 0.2) is 24.5 Å². The second kappa shape index (κ2) is 17.2. The van der Waals surface area contributed by atoms with Gasteiger partial charge in [0.2, 0.25) is 11.0 Å². The number of rotatable bonds is 15. The monoisotopic (exact) mass is 718 g/mol. The molecule has 0 aliphatic rings. The highest BCUT2D eigenvalue weighted by atomic mass is 32.1. The molecule has 2 aromatic heterocycles. The van der Waals surface area contributed by atoms with E-state index in [4.69, 9.17) is 9.47 Å². The summed E-state index contributed by atoms with van der Waals surface area (Å²) in [6, 6.07) is 0. The molecule has 4 rings (SSSR count). The first-order chi connectivity index (χ1) is 23.6. The SMILES string of the molecule is Cc1c(C)c(C)c(C[n+]2csc(CCOC(=O)CCCCC(=O)OCCc3sc[n+](Cc4c(C)c(C)c(C)c(C)c4C)c3C)c2C)c(C)c1C. The van der Waals surface area contributed by atoms with Crippen LogP contribution >= 0.6 is 22.7 Å². The molecule has 6 nitrogen and oxygen atoms in total. The third kappa shape index (κ3) is 8.92. The Morgan fingerprint density at radius 3 is 1.12 bits per heavy atom. The summed E-state index contributed by atoms with van der Waals surface area (Å²) in [6.45, 7) is 29.0. The standard InChI is InChI=1S/C42H58N2O4S2/c1-25-27(3)31(7)37(32(8)28(25)4)21-43-23-49-39(35(43)11)17-19-47-41(45)15-13-14-16-42(46)48-20-18-40-36(12)44(24-50-40)22-38-33(9)29(5)26(2)30(6)34(38)10/h23-24H,13-22H2,1-12H3/q+2. The van der Waals surface area contributed by atoms with Crippen LogP contribution in [0.5, 0.6) is 0 Å². The van der Waals surface area contributed by atoms with Crippen molar-refractivity contribution in [3.05, 3.63) is 98.9 Å². The molecule has 0 saturated heterocycles. The Labute approximate surface area is 308 Å². The molecular formula is C42H58N2O4S2+2. The third-order valence-electron chi connectivity index (χ3n) is 11.5. The largest absolute Gasteiger partial charge is 0.465 e. The van der Waals surface area contributed by atoms with Gasteiger partial charge in [-0.25, -0.2) is 0 Å². The number of aromatic nitrogens is 2. The minimum Gasteiger partial charge on any atom is -0.465 e. The maximum absolute atomic E-state index is 12.4. The van der Waals surface area contributed by atoms with Crippen LogP contribution in [-0.4, -0.2) is 25.2 Å². The van der Waals surface area contributed by atoms with Crippen molar-refractivity contribution in [2.75, 3.05) is 13.2 Å². The Kier molecular flexibility index (Phi) is 13.6. The van der Waals surface area contributed by atoms with E-state index in [2.05, 4.69) is 103 Å². The summed E-state index contributed by atoms with van der Waals surface area (Å²) < 4.78 is 15.7. The Hall–Kier alpha value is -3.36. The zero-order valence-corrected chi connectivity index (χ0v) is 34.2. The van der Waals surface area contributed by atoms with Gasteiger partial charge in [0, 0.05) is 50.7 Å². The van der Waals surface area contributed by atoms with Gasteiger partial charge < -0.3 is 9.47 Å². The lowest BCUT2D eigenvalue weighted by atomic mass is 9.89. The molecule has 0 aliphatic carbocycles. The van der Waals surface area contributed by atoms with Crippen molar-refractivity contribution in [3.63, 3.8) is 0 Å². The van der Waals surface area contributed by atoms with Crippen molar-refractivity contribution in [2.45, 2.75) is 135 Å². The van der Waals surface area contributed by atoms with Crippen molar-refractivity contribution in [1.82, 2.24) is 0 Å². The maximum atomic E-state index is 12.4. The number of hydrogen-bond donors (Lipinski definition) is 0. The van der Waals surface area contributed by atoms with Gasteiger partial charge in [-0.15, -0.1) is 0 Å². The van der Waals surface area contributed by atoms with E-state index in [1.54, 1.807) is 22.7 Å². The minimum absolute atomic E-state index is 0.208. The van der Waals surface area contributed by atoms with Gasteiger partial charge in [0.25, 0.3) is 0 Å². The Balaban J connectivity index is 1.14. The number of thiazole rings is 2. The molecular weight excluding hydrogens is 661 g/mol. The molecule has 0 radical (unpaired) electrons. The van der Waals surface area contributed by atoms with Crippen LogP contribution in [0.2, 0.25) is 0 Å². The van der Waals surface area contributed by atoms with Crippen LogP contribution < -0.4 is 9.13 Å². The lowest BCUT2D eigenvalue weighted by Gasteiger charge is -2.16. The van der Waals surface area contributed by atoms with E-state index >= 15 is 0 Å². The first kappa shape index (κ1) is 39.4. The smallest absolute Gasteiger partial charge is 0.305 e. The summed E-state index contributed by atoms with van der Waals surface area (Å²) in [4.78, 5) is 27.3. The van der Waals surface area contributed by atoms with Gasteiger partial charge in [-0.1, -0.05) is 22.7 Å². The molecule has 0 spiro atoms. The van der Waals surface area contributed by atoms with Crippen molar-refractivity contribution >= 4 is 34.6 Å². The van der Waals surface area contributed by atoms with Crippen LogP contribution in [0, 0.1) is 83.1 Å². The van der Waals surface area contributed by atoms with Crippen LogP contribution in [0.15, 0.2) is 11.0 Å². The van der Waals surface area contributed by atoms with Gasteiger partial charge in [0.1, 0.15) is 0 Å². The lowest BCUT2D eigenvalue weighted by Crippen LogP contribution is -2.36. The Morgan fingerprint density at radius 1 is 0.500 bits per heavy atom. The number of ether oxygens (including phenoxy) is 2. The highest BCUT2D eigenvalue weighted by molar-refractivity contribution is 7.09. The second-order valence-corrected chi connectivity index (χ2v) is 16.0. The fourth-order valence-corrected chi connectivity index (χ4v) is 8.82. The van der Waals surface area contributed by atoms with Gasteiger partial charge in [-0.3, -0.25) is 9.59 Å². The van der Waals surface area contributed by atoms with Crippen molar-refractivity contribution in [1.29, 1.82) is 0 Å². The topological polar surface area (TPSA) is 60.4 Å². The van der Waals surface area contributed by atoms with Crippen molar-refractivity contribution in [2.24, 2.45) is 0 Å². The number of hydrogen-bond acceptors (Lipinski definition) is 6. The van der Waals surface area contributed by atoms with E-state index in [9.17, 15) is 9.59 Å². The zero-order chi connectivity index (χ0) is 36.9. The molecule has 8 heteroatoms. The van der Waals surface area contributed by atoms with Crippen LogP contribution in [-0.2, 0) is 45.0 Å². The molecule has 2 aromatic carbocycles. The van der Waals surface area contributed by atoms with Crippen LogP contribution in [0.25, 0.3) is 0 Å². The molecule has 0 unspecified atom stereocenters. The highest BCUT2D eigenvalue weighted by Crippen LogP contribution is 2.28. The Morgan fingerprint density at radius 2 is 0.800 bits per heavy atom. The predicted octanol–water partition coefficient (Wildman–Crippen LogP) is 8.61. The van der Waals surface area contributed by atoms with Gasteiger partial charge >= 0.3 is 11.9 Å². The molecule has 0 N–H and O–H groups in total. The fourth-order valence-electron chi connectivity index (χ4n) is 6.86. The van der Waals surface area contributed by atoms with E-state index in [1.165, 1.54) is 87.9 Å². The summed E-state index contributed by atoms with van der Waals surface area (Å²) in [5.74, 6) is -0.416. The molecule has 4 aromatic rings. The molecule has 2 heterocycles. The number of carbonyl (C=O) groups excluding carboxylic acids is 2. The normalized spacial score (nSPS) is 11.4. The van der Waals surface area contributed by atoms with Gasteiger partial charge in [-0.05, 0) is 138 Å². The van der Waals surface area contributed by atoms with Gasteiger partial charge in [0.05, 0.1) is 23.0 Å². The van der Waals surface area contributed by atoms with Gasteiger partial charge in [-0.2, -0.15) is 9.13 Å². The highest BCUT2D eigenvalue weighted by Gasteiger charge is 2.22. The maximum Gasteiger partial charge on any atom is 0.305 e. The number of unbranched alkanes of at least 4 members (excludes halogenated alkanes) is 1. The van der Waals surface area contributed by atoms with Crippen molar-refractivity contribution in [3.8, 4) is 0 Å². The summed E-state index contributed by atoms with van der Waals surface area (Å²) in [6.07, 6.45) is 3.27. The summed E-state index contributed by atoms with van der Waals surface area (Å²) in [5, 5.41) is 0. The van der Waals surface area contributed by atoms with E-state index in [0.29, 0.717) is 51.7 Å². The molecule has 50 heavy (non-hydrogen) atoms. The molecule has 270 valence electrons. The number of nitrogens with zero attached hydrogens (tertiary/aromatic N) is 2. The molecule has 0 aliphatic heterocycles. The average Bonchev–Trinajstić information content (AvgIpc) is 3.63. The molecule has 0 fully saturated rings.